The molecule has 0 fully saturated rings. The average Bonchev–Trinajstić information content (AvgIpc) is 3.69. The first kappa shape index (κ1) is 34.9. The number of fused-ring (bicyclic) bond motifs is 9. The van der Waals surface area contributed by atoms with E-state index >= 15 is 0 Å². The van der Waals surface area contributed by atoms with Crippen molar-refractivity contribution in [2.75, 3.05) is 0 Å². The van der Waals surface area contributed by atoms with Crippen molar-refractivity contribution in [1.82, 2.24) is 14.5 Å². The van der Waals surface area contributed by atoms with Crippen molar-refractivity contribution in [2.45, 2.75) is 0 Å². The Hall–Kier alpha value is -8.14. The molecule has 0 bridgehead atoms. The van der Waals surface area contributed by atoms with Crippen molar-refractivity contribution in [2.24, 2.45) is 0 Å². The maximum atomic E-state index is 5.39. The minimum atomic E-state index is 0.671. The molecule has 0 aliphatic heterocycles. The molecule has 0 N–H and O–H groups in total. The van der Waals surface area contributed by atoms with Crippen LogP contribution in [0.25, 0.3) is 116 Å². The van der Waals surface area contributed by atoms with Crippen LogP contribution in [0, 0.1) is 0 Å². The highest BCUT2D eigenvalue weighted by Crippen LogP contribution is 2.40. The van der Waals surface area contributed by atoms with Gasteiger partial charge in [0, 0.05) is 33.2 Å². The van der Waals surface area contributed by atoms with Crippen LogP contribution >= 0.6 is 0 Å². The van der Waals surface area contributed by atoms with E-state index in [4.69, 9.17) is 9.97 Å². The van der Waals surface area contributed by atoms with Crippen LogP contribution in [0.2, 0.25) is 0 Å². The zero-order valence-electron chi connectivity index (χ0n) is 33.2. The van der Waals surface area contributed by atoms with E-state index in [9.17, 15) is 0 Å². The molecule has 0 saturated carbocycles. The second-order valence-corrected chi connectivity index (χ2v) is 15.8. The molecule has 0 aliphatic rings. The maximum absolute atomic E-state index is 5.39. The highest BCUT2D eigenvalue weighted by Gasteiger charge is 2.18. The summed E-state index contributed by atoms with van der Waals surface area (Å²) in [6.45, 7) is 0. The molecule has 0 saturated heterocycles. The number of rotatable bonds is 6. The summed E-state index contributed by atoms with van der Waals surface area (Å²) in [4.78, 5) is 10.7. The van der Waals surface area contributed by atoms with E-state index in [1.807, 2.05) is 6.07 Å². The smallest absolute Gasteiger partial charge is 0.160 e. The fourth-order valence-corrected chi connectivity index (χ4v) is 9.27. The van der Waals surface area contributed by atoms with Crippen molar-refractivity contribution >= 4 is 54.1 Å². The summed E-state index contributed by atoms with van der Waals surface area (Å²) >= 11 is 0. The monoisotopic (exact) mass is 775 g/mol. The lowest BCUT2D eigenvalue weighted by atomic mass is 9.91. The number of hydrogen-bond acceptors (Lipinski definition) is 2. The van der Waals surface area contributed by atoms with E-state index in [1.165, 1.54) is 54.2 Å². The van der Waals surface area contributed by atoms with Gasteiger partial charge in [-0.25, -0.2) is 9.97 Å². The van der Waals surface area contributed by atoms with Crippen LogP contribution in [-0.4, -0.2) is 14.5 Å². The summed E-state index contributed by atoms with van der Waals surface area (Å²) in [5.41, 5.74) is 12.7. The molecule has 0 amide bonds. The molecule has 284 valence electrons. The first-order valence-corrected chi connectivity index (χ1v) is 20.8. The quantitative estimate of drug-likeness (QED) is 0.158. The number of hydrogen-bond donors (Lipinski definition) is 0. The van der Waals surface area contributed by atoms with Gasteiger partial charge in [-0.05, 0) is 97.0 Å². The fourth-order valence-electron chi connectivity index (χ4n) is 9.27. The van der Waals surface area contributed by atoms with Crippen LogP contribution in [0.5, 0.6) is 0 Å². The van der Waals surface area contributed by atoms with E-state index in [2.05, 4.69) is 223 Å². The molecule has 0 radical (unpaired) electrons. The number of aromatic nitrogens is 3. The third-order valence-electron chi connectivity index (χ3n) is 12.2. The Morgan fingerprint density at radius 3 is 1.25 bits per heavy atom. The van der Waals surface area contributed by atoms with E-state index in [0.29, 0.717) is 5.82 Å². The van der Waals surface area contributed by atoms with Crippen LogP contribution in [0.15, 0.2) is 224 Å². The maximum Gasteiger partial charge on any atom is 0.160 e. The Bertz CT molecular complexity index is 3540. The van der Waals surface area contributed by atoms with Gasteiger partial charge < -0.3 is 4.57 Å². The molecule has 12 aromatic rings. The third kappa shape index (κ3) is 5.98. The largest absolute Gasteiger partial charge is 0.309 e. The van der Waals surface area contributed by atoms with Crippen molar-refractivity contribution in [1.29, 1.82) is 0 Å². The Kier molecular flexibility index (Phi) is 8.17. The number of nitrogens with zero attached hydrogens (tertiary/aromatic N) is 3. The summed E-state index contributed by atoms with van der Waals surface area (Å²) in [7, 11) is 0. The normalized spacial score (nSPS) is 11.6. The number of para-hydroxylation sites is 2. The van der Waals surface area contributed by atoms with Gasteiger partial charge in [0.2, 0.25) is 0 Å². The zero-order chi connectivity index (χ0) is 40.3. The van der Waals surface area contributed by atoms with Crippen LogP contribution in [0.4, 0.5) is 0 Å². The Labute approximate surface area is 353 Å². The van der Waals surface area contributed by atoms with Crippen LogP contribution < -0.4 is 0 Å². The van der Waals surface area contributed by atoms with E-state index in [0.717, 1.165) is 55.9 Å². The zero-order valence-corrected chi connectivity index (χ0v) is 33.2. The standard InChI is InChI=1S/C58H37N3/c1-3-15-38(16-4-1)39-27-29-41(30-28-39)55-37-54(40-17-5-2-6-18-40)59-58(60-55)44-33-43(34-45(35-44)61-56-25-13-11-23-51(56)52-24-12-14-26-57(52)61)42-31-32-50-48-21-8-7-19-46(48)47-20-9-10-22-49(47)53(50)36-42/h1-37H. The van der Waals surface area contributed by atoms with Crippen LogP contribution in [0.3, 0.4) is 0 Å². The lowest BCUT2D eigenvalue weighted by Gasteiger charge is -2.16. The second-order valence-electron chi connectivity index (χ2n) is 15.8. The van der Waals surface area contributed by atoms with E-state index in [1.54, 1.807) is 0 Å². The van der Waals surface area contributed by atoms with Crippen molar-refractivity contribution in [3.63, 3.8) is 0 Å². The summed E-state index contributed by atoms with van der Waals surface area (Å²) in [5.74, 6) is 0.671. The van der Waals surface area contributed by atoms with Gasteiger partial charge in [-0.2, -0.15) is 0 Å². The minimum absolute atomic E-state index is 0.671. The molecule has 61 heavy (non-hydrogen) atoms. The summed E-state index contributed by atoms with van der Waals surface area (Å²) in [6, 6.07) is 80.5. The molecule has 12 rings (SSSR count). The molecule has 0 atom stereocenters. The average molecular weight is 776 g/mol. The highest BCUT2D eigenvalue weighted by molar-refractivity contribution is 6.25. The molecule has 2 heterocycles. The SMILES string of the molecule is c1ccc(-c2ccc(-c3cc(-c4ccccc4)nc(-c4cc(-c5ccc6c7ccccc7c7ccccc7c6c5)cc(-n5c6ccccc6c6ccccc65)c4)n3)cc2)cc1. The Morgan fingerprint density at radius 2 is 0.656 bits per heavy atom. The second kappa shape index (κ2) is 14.3. The van der Waals surface area contributed by atoms with Gasteiger partial charge in [0.25, 0.3) is 0 Å². The molecule has 3 nitrogen and oxygen atoms in total. The first-order chi connectivity index (χ1) is 30.2. The summed E-state index contributed by atoms with van der Waals surface area (Å²) in [6.07, 6.45) is 0. The van der Waals surface area contributed by atoms with Crippen molar-refractivity contribution in [3.05, 3.63) is 224 Å². The van der Waals surface area contributed by atoms with Gasteiger partial charge in [-0.3, -0.25) is 0 Å². The molecule has 0 aliphatic carbocycles. The third-order valence-corrected chi connectivity index (χ3v) is 12.2. The lowest BCUT2D eigenvalue weighted by molar-refractivity contribution is 1.16. The van der Waals surface area contributed by atoms with Gasteiger partial charge in [-0.15, -0.1) is 0 Å². The Balaban J connectivity index is 1.11. The van der Waals surface area contributed by atoms with Gasteiger partial charge in [0.15, 0.2) is 5.82 Å². The molecular weight excluding hydrogens is 739 g/mol. The Morgan fingerprint density at radius 1 is 0.246 bits per heavy atom. The minimum Gasteiger partial charge on any atom is -0.309 e. The lowest BCUT2D eigenvalue weighted by Crippen LogP contribution is -1.99. The van der Waals surface area contributed by atoms with Crippen LogP contribution in [-0.2, 0) is 0 Å². The molecular formula is C58H37N3. The fraction of sp³-hybridized carbons (Fsp3) is 0. The topological polar surface area (TPSA) is 30.7 Å². The van der Waals surface area contributed by atoms with E-state index in [-0.39, 0.29) is 0 Å². The van der Waals surface area contributed by atoms with Crippen molar-refractivity contribution in [3.8, 4) is 61.8 Å². The van der Waals surface area contributed by atoms with Crippen LogP contribution in [0.1, 0.15) is 0 Å². The summed E-state index contributed by atoms with van der Waals surface area (Å²) < 4.78 is 2.39. The van der Waals surface area contributed by atoms with Gasteiger partial charge in [0.05, 0.1) is 22.4 Å². The van der Waals surface area contributed by atoms with Crippen molar-refractivity contribution < 1.29 is 0 Å². The highest BCUT2D eigenvalue weighted by atomic mass is 15.0. The predicted octanol–water partition coefficient (Wildman–Crippen LogP) is 15.4. The molecule has 0 unspecified atom stereocenters. The molecule has 10 aromatic carbocycles. The van der Waals surface area contributed by atoms with Gasteiger partial charge in [0.1, 0.15) is 0 Å². The van der Waals surface area contributed by atoms with Gasteiger partial charge >= 0.3 is 0 Å². The first-order valence-electron chi connectivity index (χ1n) is 20.8. The molecule has 0 spiro atoms. The number of benzene rings is 10. The predicted molar refractivity (Wildman–Crippen MR) is 256 cm³/mol. The summed E-state index contributed by atoms with van der Waals surface area (Å²) in [5, 5.41) is 9.97. The van der Waals surface area contributed by atoms with Gasteiger partial charge in [-0.1, -0.05) is 182 Å². The molecule has 2 aromatic heterocycles. The molecule has 3 heteroatoms. The van der Waals surface area contributed by atoms with E-state index < -0.39 is 0 Å².